The van der Waals surface area contributed by atoms with Crippen molar-refractivity contribution in [2.45, 2.75) is 45.7 Å². The molecule has 0 radical (unpaired) electrons. The van der Waals surface area contributed by atoms with Crippen LogP contribution >= 0.6 is 0 Å². The molecule has 1 saturated heterocycles. The SMILES string of the molecule is CC(C)CC1NC(=O)CCN(CCCn2ccnc2)C1=O. The molecule has 1 aliphatic heterocycles. The second-order valence-corrected chi connectivity index (χ2v) is 5.98. The summed E-state index contributed by atoms with van der Waals surface area (Å²) in [6.07, 6.45) is 7.39. The Morgan fingerprint density at radius 2 is 2.19 bits per heavy atom. The number of imidazole rings is 1. The van der Waals surface area contributed by atoms with Crippen LogP contribution in [-0.4, -0.2) is 45.4 Å². The number of amides is 2. The molecule has 0 aromatic carbocycles. The highest BCUT2D eigenvalue weighted by Crippen LogP contribution is 2.12. The quantitative estimate of drug-likeness (QED) is 0.852. The largest absolute Gasteiger partial charge is 0.344 e. The lowest BCUT2D eigenvalue weighted by Crippen LogP contribution is -2.45. The molecule has 0 bridgehead atoms. The highest BCUT2D eigenvalue weighted by Gasteiger charge is 2.29. The molecule has 2 heterocycles. The first kappa shape index (κ1) is 15.5. The fraction of sp³-hybridized carbons (Fsp3) is 0.667. The second-order valence-electron chi connectivity index (χ2n) is 5.98. The molecule has 6 heteroatoms. The number of nitrogens with one attached hydrogen (secondary N) is 1. The van der Waals surface area contributed by atoms with E-state index in [4.69, 9.17) is 0 Å². The number of carbonyl (C=O) groups excluding carboxylic acids is 2. The average molecular weight is 292 g/mol. The summed E-state index contributed by atoms with van der Waals surface area (Å²) in [6, 6.07) is -0.367. The van der Waals surface area contributed by atoms with Crippen molar-refractivity contribution in [3.05, 3.63) is 18.7 Å². The zero-order valence-electron chi connectivity index (χ0n) is 12.8. The van der Waals surface area contributed by atoms with Crippen molar-refractivity contribution in [3.8, 4) is 0 Å². The maximum atomic E-state index is 12.5. The van der Waals surface area contributed by atoms with Gasteiger partial charge in [-0.1, -0.05) is 13.8 Å². The maximum absolute atomic E-state index is 12.5. The summed E-state index contributed by atoms with van der Waals surface area (Å²) in [5, 5.41) is 2.85. The fourth-order valence-corrected chi connectivity index (χ4v) is 2.61. The Bertz CT molecular complexity index is 470. The molecule has 21 heavy (non-hydrogen) atoms. The Balaban J connectivity index is 1.90. The lowest BCUT2D eigenvalue weighted by Gasteiger charge is -2.25. The van der Waals surface area contributed by atoms with Crippen LogP contribution in [0.25, 0.3) is 0 Å². The van der Waals surface area contributed by atoms with Crippen LogP contribution in [0.2, 0.25) is 0 Å². The molecule has 116 valence electrons. The molecule has 0 spiro atoms. The van der Waals surface area contributed by atoms with Gasteiger partial charge in [-0.2, -0.15) is 0 Å². The van der Waals surface area contributed by atoms with Crippen molar-refractivity contribution in [1.29, 1.82) is 0 Å². The second kappa shape index (κ2) is 7.24. The summed E-state index contributed by atoms with van der Waals surface area (Å²) < 4.78 is 2.00. The topological polar surface area (TPSA) is 67.2 Å². The molecule has 1 aromatic heterocycles. The van der Waals surface area contributed by atoms with Gasteiger partial charge in [-0.15, -0.1) is 0 Å². The van der Waals surface area contributed by atoms with Crippen LogP contribution in [0.4, 0.5) is 0 Å². The molecule has 1 aliphatic rings. The van der Waals surface area contributed by atoms with Gasteiger partial charge in [-0.3, -0.25) is 9.59 Å². The third kappa shape index (κ3) is 4.58. The van der Waals surface area contributed by atoms with E-state index >= 15 is 0 Å². The molecule has 6 nitrogen and oxygen atoms in total. The molecule has 2 amide bonds. The first-order valence-electron chi connectivity index (χ1n) is 7.60. The Kier molecular flexibility index (Phi) is 5.36. The summed E-state index contributed by atoms with van der Waals surface area (Å²) in [6.45, 7) is 6.16. The number of hydrogen-bond acceptors (Lipinski definition) is 3. The van der Waals surface area contributed by atoms with E-state index in [9.17, 15) is 9.59 Å². The van der Waals surface area contributed by atoms with Crippen molar-refractivity contribution in [2.24, 2.45) is 5.92 Å². The van der Waals surface area contributed by atoms with Crippen molar-refractivity contribution >= 4 is 11.8 Å². The van der Waals surface area contributed by atoms with E-state index in [1.807, 2.05) is 15.7 Å². The van der Waals surface area contributed by atoms with Crippen LogP contribution in [0, 0.1) is 5.92 Å². The van der Waals surface area contributed by atoms with Gasteiger partial charge in [0.15, 0.2) is 0 Å². The minimum atomic E-state index is -0.367. The van der Waals surface area contributed by atoms with Crippen molar-refractivity contribution in [1.82, 2.24) is 19.8 Å². The van der Waals surface area contributed by atoms with Crippen LogP contribution in [0.1, 0.15) is 33.1 Å². The zero-order valence-corrected chi connectivity index (χ0v) is 12.8. The third-order valence-electron chi connectivity index (χ3n) is 3.66. The number of hydrogen-bond donors (Lipinski definition) is 1. The van der Waals surface area contributed by atoms with Crippen molar-refractivity contribution in [2.75, 3.05) is 13.1 Å². The number of rotatable bonds is 6. The maximum Gasteiger partial charge on any atom is 0.245 e. The summed E-state index contributed by atoms with van der Waals surface area (Å²) in [5.41, 5.74) is 0. The van der Waals surface area contributed by atoms with Gasteiger partial charge >= 0.3 is 0 Å². The third-order valence-corrected chi connectivity index (χ3v) is 3.66. The minimum absolute atomic E-state index is 0.0221. The minimum Gasteiger partial charge on any atom is -0.344 e. The summed E-state index contributed by atoms with van der Waals surface area (Å²) in [7, 11) is 0. The molecule has 2 rings (SSSR count). The Morgan fingerprint density at radius 1 is 1.38 bits per heavy atom. The number of aromatic nitrogens is 2. The number of carbonyl (C=O) groups is 2. The summed E-state index contributed by atoms with van der Waals surface area (Å²) in [4.78, 5) is 30.1. The van der Waals surface area contributed by atoms with Gasteiger partial charge in [0.05, 0.1) is 6.33 Å². The van der Waals surface area contributed by atoms with E-state index in [2.05, 4.69) is 24.1 Å². The lowest BCUT2D eigenvalue weighted by atomic mass is 10.0. The van der Waals surface area contributed by atoms with E-state index in [1.54, 1.807) is 12.5 Å². The molecule has 1 fully saturated rings. The van der Waals surface area contributed by atoms with Gasteiger partial charge in [0.1, 0.15) is 6.04 Å². The summed E-state index contributed by atoms with van der Waals surface area (Å²) >= 11 is 0. The molecule has 1 N–H and O–H groups in total. The van der Waals surface area contributed by atoms with E-state index in [1.165, 1.54) is 0 Å². The summed E-state index contributed by atoms with van der Waals surface area (Å²) in [5.74, 6) is 0.413. The molecule has 1 unspecified atom stereocenters. The lowest BCUT2D eigenvalue weighted by molar-refractivity contribution is -0.134. The molecule has 1 atom stereocenters. The predicted octanol–water partition coefficient (Wildman–Crippen LogP) is 1.04. The van der Waals surface area contributed by atoms with E-state index in [-0.39, 0.29) is 17.9 Å². The first-order chi connectivity index (χ1) is 10.1. The van der Waals surface area contributed by atoms with Gasteiger partial charge in [0, 0.05) is 38.4 Å². The fourth-order valence-electron chi connectivity index (χ4n) is 2.61. The predicted molar refractivity (Wildman–Crippen MR) is 79.4 cm³/mol. The van der Waals surface area contributed by atoms with Gasteiger partial charge in [-0.25, -0.2) is 4.98 Å². The highest BCUT2D eigenvalue weighted by molar-refractivity contribution is 5.89. The molecule has 0 aliphatic carbocycles. The van der Waals surface area contributed by atoms with E-state index in [0.717, 1.165) is 13.0 Å². The van der Waals surface area contributed by atoms with Crippen LogP contribution in [0.15, 0.2) is 18.7 Å². The monoisotopic (exact) mass is 292 g/mol. The van der Waals surface area contributed by atoms with Crippen LogP contribution in [0.5, 0.6) is 0 Å². The smallest absolute Gasteiger partial charge is 0.245 e. The normalized spacial score (nSPS) is 19.8. The highest BCUT2D eigenvalue weighted by atomic mass is 16.2. The molecule has 0 saturated carbocycles. The Morgan fingerprint density at radius 3 is 2.86 bits per heavy atom. The number of nitrogens with zero attached hydrogens (tertiary/aromatic N) is 3. The van der Waals surface area contributed by atoms with Crippen LogP contribution in [-0.2, 0) is 16.1 Å². The van der Waals surface area contributed by atoms with E-state index < -0.39 is 0 Å². The molecular formula is C15H24N4O2. The van der Waals surface area contributed by atoms with Crippen molar-refractivity contribution in [3.63, 3.8) is 0 Å². The van der Waals surface area contributed by atoms with Gasteiger partial charge in [0.2, 0.25) is 11.8 Å². The number of aryl methyl sites for hydroxylation is 1. The zero-order chi connectivity index (χ0) is 15.2. The molecule has 1 aromatic rings. The van der Waals surface area contributed by atoms with Gasteiger partial charge in [0.25, 0.3) is 0 Å². The Hall–Kier alpha value is -1.85. The van der Waals surface area contributed by atoms with Crippen molar-refractivity contribution < 1.29 is 9.59 Å². The Labute approximate surface area is 125 Å². The van der Waals surface area contributed by atoms with E-state index in [0.29, 0.717) is 31.8 Å². The van der Waals surface area contributed by atoms with Crippen LogP contribution < -0.4 is 5.32 Å². The molecular weight excluding hydrogens is 268 g/mol. The van der Waals surface area contributed by atoms with Gasteiger partial charge < -0.3 is 14.8 Å². The van der Waals surface area contributed by atoms with Crippen LogP contribution in [0.3, 0.4) is 0 Å². The average Bonchev–Trinajstić information content (AvgIpc) is 2.89. The first-order valence-corrected chi connectivity index (χ1v) is 7.60. The van der Waals surface area contributed by atoms with Gasteiger partial charge in [-0.05, 0) is 18.8 Å². The standard InChI is InChI=1S/C15H24N4O2/c1-12(2)10-13-15(21)19(8-4-14(20)17-13)7-3-6-18-9-5-16-11-18/h5,9,11-13H,3-4,6-8,10H2,1-2H3,(H,17,20).